The third-order valence-electron chi connectivity index (χ3n) is 13.7. The first-order valence-electron chi connectivity index (χ1n) is 24.1. The molecule has 20 nitrogen and oxygen atoms in total. The molecule has 0 radical (unpaired) electrons. The van der Waals surface area contributed by atoms with Crippen LogP contribution >= 0.6 is 0 Å². The predicted molar refractivity (Wildman–Crippen MR) is 256 cm³/mol. The monoisotopic (exact) mass is 992 g/mol. The molecule has 21 heteroatoms. The Morgan fingerprint density at radius 2 is 1.67 bits per heavy atom. The van der Waals surface area contributed by atoms with Gasteiger partial charge in [-0.05, 0) is 73.8 Å². The SMILES string of the molecule is CC[C@@]1(O)C(=O)OCc2c1cc1n(c2=O)Cc2c-1nc1cc(F)c(C)c3c1c2[C@H](COCNC(=O)CNC(=O)[C@H](Cc1ccccc1)NC(O)CNC(=O)CNC(=O)CCCCCN1C(=O)C=CC1=O)CC3. The topological polar surface area (TPSA) is 277 Å². The van der Waals surface area contributed by atoms with Gasteiger partial charge in [0.05, 0.1) is 61.3 Å². The highest BCUT2D eigenvalue weighted by molar-refractivity contribution is 6.12. The van der Waals surface area contributed by atoms with Gasteiger partial charge in [0.15, 0.2) is 5.60 Å². The third kappa shape index (κ3) is 10.8. The van der Waals surface area contributed by atoms with E-state index in [4.69, 9.17) is 14.5 Å². The van der Waals surface area contributed by atoms with Crippen molar-refractivity contribution in [2.75, 3.05) is 39.5 Å². The molecule has 8 rings (SSSR count). The minimum Gasteiger partial charge on any atom is -0.458 e. The summed E-state index contributed by atoms with van der Waals surface area (Å²) in [6.07, 6.45) is 3.97. The van der Waals surface area contributed by atoms with E-state index in [9.17, 15) is 48.6 Å². The van der Waals surface area contributed by atoms with Gasteiger partial charge in [-0.15, -0.1) is 0 Å². The summed E-state index contributed by atoms with van der Waals surface area (Å²) in [7, 11) is 0. The van der Waals surface area contributed by atoms with Crippen LogP contribution in [0.2, 0.25) is 0 Å². The average molecular weight is 993 g/mol. The van der Waals surface area contributed by atoms with Gasteiger partial charge in [0.2, 0.25) is 23.6 Å². The Morgan fingerprint density at radius 3 is 2.42 bits per heavy atom. The maximum Gasteiger partial charge on any atom is 0.343 e. The number of pyridine rings is 2. The van der Waals surface area contributed by atoms with Gasteiger partial charge >= 0.3 is 5.97 Å². The Kier molecular flexibility index (Phi) is 15.7. The fraction of sp³-hybridized carbons (Fsp3) is 0.431. The number of nitrogens with one attached hydrogen (secondary N) is 5. The van der Waals surface area contributed by atoms with E-state index in [-0.39, 0.29) is 100 Å². The van der Waals surface area contributed by atoms with Crippen molar-refractivity contribution >= 4 is 52.3 Å². The minimum atomic E-state index is -2.02. The number of hydrogen-bond donors (Lipinski definition) is 7. The second-order valence-corrected chi connectivity index (χ2v) is 18.4. The second-order valence-electron chi connectivity index (χ2n) is 18.4. The van der Waals surface area contributed by atoms with Gasteiger partial charge in [-0.3, -0.25) is 43.8 Å². The van der Waals surface area contributed by atoms with Gasteiger partial charge < -0.3 is 45.5 Å². The summed E-state index contributed by atoms with van der Waals surface area (Å²) in [5.74, 6) is -4.35. The van der Waals surface area contributed by atoms with Crippen molar-refractivity contribution in [1.82, 2.24) is 41.0 Å². The van der Waals surface area contributed by atoms with Crippen molar-refractivity contribution in [2.24, 2.45) is 0 Å². The number of esters is 1. The van der Waals surface area contributed by atoms with Crippen LogP contribution in [0.3, 0.4) is 0 Å². The van der Waals surface area contributed by atoms with E-state index in [1.807, 2.05) is 6.07 Å². The minimum absolute atomic E-state index is 0.0213. The normalized spacial score (nSPS) is 18.3. The number of fused-ring (bicyclic) bond motifs is 5. The number of hydrogen-bond acceptors (Lipinski definition) is 14. The molecule has 0 saturated heterocycles. The fourth-order valence-corrected chi connectivity index (χ4v) is 9.80. The van der Waals surface area contributed by atoms with Gasteiger partial charge in [-0.25, -0.2) is 14.2 Å². The summed E-state index contributed by atoms with van der Waals surface area (Å²) in [6.45, 7) is 2.28. The lowest BCUT2D eigenvalue weighted by atomic mass is 9.78. The molecule has 1 unspecified atom stereocenters. The van der Waals surface area contributed by atoms with Crippen molar-refractivity contribution in [3.63, 3.8) is 0 Å². The molecule has 72 heavy (non-hydrogen) atoms. The number of aromatic nitrogens is 2. The quantitative estimate of drug-likeness (QED) is 0.0221. The van der Waals surface area contributed by atoms with Gasteiger partial charge in [-0.2, -0.15) is 0 Å². The van der Waals surface area contributed by atoms with Crippen LogP contribution in [0.5, 0.6) is 0 Å². The summed E-state index contributed by atoms with van der Waals surface area (Å²) in [5.41, 5.74) is 2.78. The zero-order valence-corrected chi connectivity index (χ0v) is 39.9. The van der Waals surface area contributed by atoms with Crippen molar-refractivity contribution in [3.05, 3.63) is 110 Å². The van der Waals surface area contributed by atoms with Crippen LogP contribution < -0.4 is 32.1 Å². The Morgan fingerprint density at radius 1 is 0.931 bits per heavy atom. The van der Waals surface area contributed by atoms with Gasteiger partial charge in [0.25, 0.3) is 17.4 Å². The number of benzene rings is 2. The highest BCUT2D eigenvalue weighted by Gasteiger charge is 2.46. The van der Waals surface area contributed by atoms with E-state index in [0.717, 1.165) is 32.5 Å². The number of ether oxygens (including phenoxy) is 2. The number of nitrogens with zero attached hydrogens (tertiary/aromatic N) is 3. The second kappa shape index (κ2) is 22.1. The number of amides is 6. The lowest BCUT2D eigenvalue weighted by Gasteiger charge is -2.31. The lowest BCUT2D eigenvalue weighted by molar-refractivity contribution is -0.172. The first kappa shape index (κ1) is 51.2. The van der Waals surface area contributed by atoms with E-state index >= 15 is 4.39 Å². The molecule has 5 heterocycles. The Hall–Kier alpha value is -7.20. The van der Waals surface area contributed by atoms with E-state index in [1.54, 1.807) is 44.2 Å². The molecular formula is C51H57FN8O12. The predicted octanol–water partition coefficient (Wildman–Crippen LogP) is 1.00. The number of halogens is 1. The molecule has 380 valence electrons. The molecule has 6 amide bonds. The van der Waals surface area contributed by atoms with E-state index < -0.39 is 59.5 Å². The van der Waals surface area contributed by atoms with E-state index in [1.165, 1.54) is 22.8 Å². The van der Waals surface area contributed by atoms with E-state index in [2.05, 4.69) is 26.6 Å². The molecule has 0 bridgehead atoms. The molecule has 0 spiro atoms. The maximum atomic E-state index is 15.4. The highest BCUT2D eigenvalue weighted by atomic mass is 19.1. The Balaban J connectivity index is 0.828. The van der Waals surface area contributed by atoms with Gasteiger partial charge in [-0.1, -0.05) is 43.7 Å². The number of aliphatic hydroxyl groups excluding tert-OH is 1. The summed E-state index contributed by atoms with van der Waals surface area (Å²) >= 11 is 0. The number of carbonyl (C=O) groups is 7. The number of carbonyl (C=O) groups excluding carboxylic acids is 7. The van der Waals surface area contributed by atoms with Crippen LogP contribution in [-0.2, 0) is 74.6 Å². The number of imide groups is 1. The largest absolute Gasteiger partial charge is 0.458 e. The summed E-state index contributed by atoms with van der Waals surface area (Å²) in [4.78, 5) is 107. The molecule has 0 saturated carbocycles. The van der Waals surface area contributed by atoms with Gasteiger partial charge in [0, 0.05) is 53.6 Å². The van der Waals surface area contributed by atoms with E-state index in [0.29, 0.717) is 54.6 Å². The first-order valence-corrected chi connectivity index (χ1v) is 24.1. The number of rotatable bonds is 22. The van der Waals surface area contributed by atoms with Crippen molar-refractivity contribution in [1.29, 1.82) is 0 Å². The maximum absolute atomic E-state index is 15.4. The first-order chi connectivity index (χ1) is 34.6. The molecule has 7 N–H and O–H groups in total. The van der Waals surface area contributed by atoms with Crippen molar-refractivity contribution in [3.8, 4) is 11.4 Å². The van der Waals surface area contributed by atoms with Crippen LogP contribution in [-0.4, -0.2) is 118 Å². The smallest absolute Gasteiger partial charge is 0.343 e. The molecule has 2 aromatic heterocycles. The fourth-order valence-electron chi connectivity index (χ4n) is 9.80. The lowest BCUT2D eigenvalue weighted by Crippen LogP contribution is -2.54. The molecule has 3 aliphatic heterocycles. The zero-order chi connectivity index (χ0) is 51.3. The molecule has 1 aliphatic carbocycles. The zero-order valence-electron chi connectivity index (χ0n) is 39.9. The van der Waals surface area contributed by atoms with Gasteiger partial charge in [0.1, 0.15) is 25.4 Å². The standard InChI is InChI=1S/C51H57FN8O12/c1-3-51(70)34-19-38-47-32(24-60(38)49(68)33(34)26-72-50(51)69)45-30(13-14-31-28(2)35(52)20-36(58-47)46(31)45)25-71-27-56-41(63)22-55-48(67)37(18-29-10-6-4-7-11-29)57-42(64)23-54-40(62)21-53-39(61)12-8-5-9-17-59-43(65)15-16-44(59)66/h4,6-7,10-11,15-16,19-20,30,37,42,57,64,70H,3,5,8-9,12-14,17-18,21-27H2,1-2H3,(H,53,61)(H,54,62)(H,55,67)(H,56,63)/t30-,37-,42?,51-/m0/s1. The Bertz CT molecular complexity index is 2910. The summed E-state index contributed by atoms with van der Waals surface area (Å²) in [6, 6.07) is 10.9. The van der Waals surface area contributed by atoms with Crippen molar-refractivity contribution < 1.29 is 57.6 Å². The van der Waals surface area contributed by atoms with Crippen LogP contribution in [0.4, 0.5) is 4.39 Å². The summed E-state index contributed by atoms with van der Waals surface area (Å²) in [5, 5.41) is 36.0. The van der Waals surface area contributed by atoms with Crippen LogP contribution in [0.15, 0.2) is 59.4 Å². The highest BCUT2D eigenvalue weighted by Crippen LogP contribution is 2.46. The third-order valence-corrected chi connectivity index (χ3v) is 13.7. The number of aryl methyl sites for hydroxylation is 1. The summed E-state index contributed by atoms with van der Waals surface area (Å²) < 4.78 is 28.2. The Labute approximate surface area is 412 Å². The van der Waals surface area contributed by atoms with Crippen LogP contribution in [0.1, 0.15) is 90.3 Å². The molecule has 4 aromatic rings. The van der Waals surface area contributed by atoms with Crippen LogP contribution in [0.25, 0.3) is 22.3 Å². The molecule has 4 aliphatic rings. The average Bonchev–Trinajstić information content (AvgIpc) is 3.91. The van der Waals surface area contributed by atoms with Crippen molar-refractivity contribution in [2.45, 2.75) is 102 Å². The molecule has 4 atom stereocenters. The molecular weight excluding hydrogens is 936 g/mol. The molecule has 0 fully saturated rings. The van der Waals surface area contributed by atoms with Crippen LogP contribution in [0, 0.1) is 12.7 Å². The number of unbranched alkanes of at least 4 members (excludes halogenated alkanes) is 2. The molecule has 2 aromatic carbocycles. The number of aliphatic hydroxyl groups is 2. The number of cyclic esters (lactones) is 1.